The number of hydrogen-bond donors (Lipinski definition) is 2. The van der Waals surface area contributed by atoms with Gasteiger partial charge in [-0.25, -0.2) is 4.98 Å². The van der Waals surface area contributed by atoms with Crippen molar-refractivity contribution in [3.8, 4) is 0 Å². The Balaban J connectivity index is 0.00000312. The number of aryl methyl sites for hydroxylation is 2. The highest BCUT2D eigenvalue weighted by Crippen LogP contribution is 2.22. The van der Waals surface area contributed by atoms with Gasteiger partial charge in [0.2, 0.25) is 0 Å². The van der Waals surface area contributed by atoms with Crippen molar-refractivity contribution in [3.63, 3.8) is 0 Å². The van der Waals surface area contributed by atoms with Gasteiger partial charge in [0, 0.05) is 26.1 Å². The van der Waals surface area contributed by atoms with Crippen molar-refractivity contribution in [2.75, 3.05) is 13.6 Å². The molecule has 7 heteroatoms. The zero-order valence-corrected chi connectivity index (χ0v) is 18.0. The summed E-state index contributed by atoms with van der Waals surface area (Å²) in [5.74, 6) is 1.63. The Morgan fingerprint density at radius 2 is 1.88 bits per heavy atom. The number of rotatable bonds is 6. The molecule has 0 radical (unpaired) electrons. The molecule has 0 amide bonds. The smallest absolute Gasteiger partial charge is 0.191 e. The summed E-state index contributed by atoms with van der Waals surface area (Å²) in [7, 11) is 3.65. The Labute approximate surface area is 167 Å². The SMILES string of the molecule is CCc1ccc(C(C)(C)CNC(=NC)NCc2ncnn2C)cc1.I. The van der Waals surface area contributed by atoms with Gasteiger partial charge in [-0.1, -0.05) is 45.0 Å². The fourth-order valence-electron chi connectivity index (χ4n) is 2.46. The van der Waals surface area contributed by atoms with Crippen molar-refractivity contribution < 1.29 is 0 Å². The van der Waals surface area contributed by atoms with Crippen LogP contribution in [-0.4, -0.2) is 34.3 Å². The van der Waals surface area contributed by atoms with E-state index < -0.39 is 0 Å². The lowest BCUT2D eigenvalue weighted by molar-refractivity contribution is 0.507. The molecule has 2 N–H and O–H groups in total. The van der Waals surface area contributed by atoms with E-state index in [-0.39, 0.29) is 29.4 Å². The number of aliphatic imine (C=N–C) groups is 1. The van der Waals surface area contributed by atoms with E-state index in [1.54, 1.807) is 18.1 Å². The van der Waals surface area contributed by atoms with E-state index >= 15 is 0 Å². The van der Waals surface area contributed by atoms with Crippen LogP contribution in [0.25, 0.3) is 0 Å². The van der Waals surface area contributed by atoms with Gasteiger partial charge in [0.1, 0.15) is 12.2 Å². The first-order chi connectivity index (χ1) is 11.5. The Morgan fingerprint density at radius 3 is 2.40 bits per heavy atom. The van der Waals surface area contributed by atoms with E-state index in [2.05, 4.69) is 70.7 Å². The number of guanidine groups is 1. The van der Waals surface area contributed by atoms with Crippen molar-refractivity contribution >= 4 is 29.9 Å². The standard InChI is InChI=1S/C18H28N6.HI/c1-6-14-7-9-15(10-8-14)18(2,3)12-21-17(19-4)20-11-16-22-13-23-24(16)5;/h7-10,13H,6,11-12H2,1-5H3,(H2,19,20,21);1H. The van der Waals surface area contributed by atoms with Gasteiger partial charge < -0.3 is 10.6 Å². The maximum atomic E-state index is 4.28. The summed E-state index contributed by atoms with van der Waals surface area (Å²) in [6, 6.07) is 8.85. The molecule has 1 heterocycles. The topological polar surface area (TPSA) is 67.1 Å². The molecule has 0 aliphatic carbocycles. The van der Waals surface area contributed by atoms with Gasteiger partial charge in [-0.15, -0.1) is 24.0 Å². The molecule has 0 aliphatic rings. The average molecular weight is 456 g/mol. The maximum absolute atomic E-state index is 4.28. The summed E-state index contributed by atoms with van der Waals surface area (Å²) in [5, 5.41) is 10.7. The average Bonchev–Trinajstić information content (AvgIpc) is 3.00. The highest BCUT2D eigenvalue weighted by atomic mass is 127. The summed E-state index contributed by atoms with van der Waals surface area (Å²) in [6.07, 6.45) is 2.62. The van der Waals surface area contributed by atoms with Crippen LogP contribution >= 0.6 is 24.0 Å². The molecule has 0 aliphatic heterocycles. The first-order valence-corrected chi connectivity index (χ1v) is 8.33. The van der Waals surface area contributed by atoms with Crippen LogP contribution in [-0.2, 0) is 25.4 Å². The second-order valence-corrected chi connectivity index (χ2v) is 6.51. The quantitative estimate of drug-likeness (QED) is 0.399. The minimum Gasteiger partial charge on any atom is -0.356 e. The highest BCUT2D eigenvalue weighted by molar-refractivity contribution is 14.0. The first kappa shape index (κ1) is 21.4. The molecule has 0 fully saturated rings. The van der Waals surface area contributed by atoms with E-state index in [9.17, 15) is 0 Å². The van der Waals surface area contributed by atoms with Gasteiger partial charge in [-0.3, -0.25) is 9.67 Å². The summed E-state index contributed by atoms with van der Waals surface area (Å²) in [5.41, 5.74) is 2.69. The number of nitrogens with one attached hydrogen (secondary N) is 2. The number of benzene rings is 1. The number of aromatic nitrogens is 3. The molecule has 138 valence electrons. The van der Waals surface area contributed by atoms with Gasteiger partial charge in [0.25, 0.3) is 0 Å². The molecular formula is C18H29IN6. The van der Waals surface area contributed by atoms with Crippen LogP contribution in [0.4, 0.5) is 0 Å². The molecule has 0 unspecified atom stereocenters. The number of halogens is 1. The zero-order chi connectivity index (χ0) is 17.6. The zero-order valence-electron chi connectivity index (χ0n) is 15.7. The molecule has 2 rings (SSSR count). The van der Waals surface area contributed by atoms with Gasteiger partial charge in [-0.2, -0.15) is 5.10 Å². The summed E-state index contributed by atoms with van der Waals surface area (Å²) >= 11 is 0. The lowest BCUT2D eigenvalue weighted by atomic mass is 9.84. The molecule has 0 saturated heterocycles. The Hall–Kier alpha value is -1.64. The molecular weight excluding hydrogens is 427 g/mol. The van der Waals surface area contributed by atoms with E-state index in [4.69, 9.17) is 0 Å². The van der Waals surface area contributed by atoms with Gasteiger partial charge >= 0.3 is 0 Å². The summed E-state index contributed by atoms with van der Waals surface area (Å²) in [4.78, 5) is 8.48. The third kappa shape index (κ3) is 5.98. The van der Waals surface area contributed by atoms with Gasteiger partial charge in [-0.05, 0) is 17.5 Å². The largest absolute Gasteiger partial charge is 0.356 e. The second kappa shape index (κ2) is 9.74. The fraction of sp³-hybridized carbons (Fsp3) is 0.500. The number of hydrogen-bond acceptors (Lipinski definition) is 3. The van der Waals surface area contributed by atoms with Crippen LogP contribution in [0.5, 0.6) is 0 Å². The third-order valence-electron chi connectivity index (χ3n) is 4.28. The Kier molecular flexibility index (Phi) is 8.34. The van der Waals surface area contributed by atoms with E-state index in [1.807, 2.05) is 7.05 Å². The fourth-order valence-corrected chi connectivity index (χ4v) is 2.46. The summed E-state index contributed by atoms with van der Waals surface area (Å²) in [6.45, 7) is 8.01. The minimum absolute atomic E-state index is 0. The van der Waals surface area contributed by atoms with Gasteiger partial charge in [0.15, 0.2) is 5.96 Å². The monoisotopic (exact) mass is 456 g/mol. The van der Waals surface area contributed by atoms with Crippen LogP contribution < -0.4 is 10.6 Å². The summed E-state index contributed by atoms with van der Waals surface area (Å²) < 4.78 is 1.75. The molecule has 0 bridgehead atoms. The van der Waals surface area contributed by atoms with E-state index in [0.29, 0.717) is 6.54 Å². The lowest BCUT2D eigenvalue weighted by Crippen LogP contribution is -2.43. The van der Waals surface area contributed by atoms with Crippen LogP contribution in [0.1, 0.15) is 37.7 Å². The highest BCUT2D eigenvalue weighted by Gasteiger charge is 2.20. The third-order valence-corrected chi connectivity index (χ3v) is 4.28. The van der Waals surface area contributed by atoms with Crippen LogP contribution in [0, 0.1) is 0 Å². The molecule has 25 heavy (non-hydrogen) atoms. The Morgan fingerprint density at radius 1 is 1.20 bits per heavy atom. The van der Waals surface area contributed by atoms with Crippen molar-refractivity contribution in [1.82, 2.24) is 25.4 Å². The molecule has 2 aromatic rings. The van der Waals surface area contributed by atoms with Crippen molar-refractivity contribution in [2.24, 2.45) is 12.0 Å². The predicted octanol–water partition coefficient (Wildman–Crippen LogP) is 2.64. The predicted molar refractivity (Wildman–Crippen MR) is 113 cm³/mol. The molecule has 1 aromatic heterocycles. The molecule has 1 aromatic carbocycles. The number of nitrogens with zero attached hydrogens (tertiary/aromatic N) is 4. The van der Waals surface area contributed by atoms with Gasteiger partial charge in [0.05, 0.1) is 6.54 Å². The molecule has 0 atom stereocenters. The van der Waals surface area contributed by atoms with Crippen molar-refractivity contribution in [3.05, 3.63) is 47.5 Å². The van der Waals surface area contributed by atoms with Crippen LogP contribution in [0.2, 0.25) is 0 Å². The first-order valence-electron chi connectivity index (χ1n) is 8.33. The molecule has 6 nitrogen and oxygen atoms in total. The minimum atomic E-state index is 0. The Bertz CT molecular complexity index is 675. The maximum Gasteiger partial charge on any atom is 0.191 e. The van der Waals surface area contributed by atoms with E-state index in [1.165, 1.54) is 11.1 Å². The molecule has 0 spiro atoms. The van der Waals surface area contributed by atoms with Crippen molar-refractivity contribution in [1.29, 1.82) is 0 Å². The molecule has 0 saturated carbocycles. The van der Waals surface area contributed by atoms with E-state index in [0.717, 1.165) is 24.7 Å². The van der Waals surface area contributed by atoms with Crippen LogP contribution in [0.3, 0.4) is 0 Å². The second-order valence-electron chi connectivity index (χ2n) is 6.51. The normalized spacial score (nSPS) is 11.8. The van der Waals surface area contributed by atoms with Crippen molar-refractivity contribution in [2.45, 2.75) is 39.2 Å². The van der Waals surface area contributed by atoms with Crippen LogP contribution in [0.15, 0.2) is 35.6 Å². The lowest BCUT2D eigenvalue weighted by Gasteiger charge is -2.27.